The molecule has 0 radical (unpaired) electrons. The first-order valence-electron chi connectivity index (χ1n) is 5.36. The van der Waals surface area contributed by atoms with Gasteiger partial charge >= 0.3 is 0 Å². The zero-order chi connectivity index (χ0) is 12.0. The summed E-state index contributed by atoms with van der Waals surface area (Å²) in [5, 5.41) is 9.96. The third kappa shape index (κ3) is 3.48. The van der Waals surface area contributed by atoms with Crippen LogP contribution in [0, 0.1) is 6.92 Å². The van der Waals surface area contributed by atoms with Crippen molar-refractivity contribution in [2.24, 2.45) is 0 Å². The van der Waals surface area contributed by atoms with Gasteiger partial charge in [0.05, 0.1) is 26.4 Å². The molecule has 0 aromatic heterocycles. The summed E-state index contributed by atoms with van der Waals surface area (Å²) >= 11 is 0. The SMILES string of the molecule is CCONCC(O)c1cc(C)ccc1OC. The molecule has 1 aromatic rings. The average Bonchev–Trinajstić information content (AvgIpc) is 2.29. The van der Waals surface area contributed by atoms with Crippen molar-refractivity contribution in [2.75, 3.05) is 20.3 Å². The number of hydrogen-bond acceptors (Lipinski definition) is 4. The number of rotatable bonds is 6. The van der Waals surface area contributed by atoms with Gasteiger partial charge < -0.3 is 14.7 Å². The molecular weight excluding hydrogens is 206 g/mol. The van der Waals surface area contributed by atoms with Gasteiger partial charge in [-0.2, -0.15) is 5.48 Å². The predicted molar refractivity (Wildman–Crippen MR) is 62.3 cm³/mol. The molecule has 0 heterocycles. The lowest BCUT2D eigenvalue weighted by atomic mass is 10.1. The van der Waals surface area contributed by atoms with Crippen LogP contribution in [0.15, 0.2) is 18.2 Å². The van der Waals surface area contributed by atoms with Gasteiger partial charge in [0.1, 0.15) is 5.75 Å². The van der Waals surface area contributed by atoms with E-state index < -0.39 is 6.10 Å². The minimum atomic E-state index is -0.638. The van der Waals surface area contributed by atoms with Crippen LogP contribution in [0.4, 0.5) is 0 Å². The maximum Gasteiger partial charge on any atom is 0.124 e. The van der Waals surface area contributed by atoms with Crippen LogP contribution in [0.5, 0.6) is 5.75 Å². The number of aliphatic hydroxyl groups excluding tert-OH is 1. The number of aliphatic hydroxyl groups is 1. The Morgan fingerprint density at radius 3 is 2.81 bits per heavy atom. The van der Waals surface area contributed by atoms with Crippen molar-refractivity contribution in [3.05, 3.63) is 29.3 Å². The van der Waals surface area contributed by atoms with Crippen LogP contribution in [0.3, 0.4) is 0 Å². The smallest absolute Gasteiger partial charge is 0.124 e. The minimum Gasteiger partial charge on any atom is -0.496 e. The molecule has 90 valence electrons. The quantitative estimate of drug-likeness (QED) is 0.570. The second-order valence-corrected chi connectivity index (χ2v) is 3.54. The zero-order valence-corrected chi connectivity index (χ0v) is 9.99. The second kappa shape index (κ2) is 6.48. The van der Waals surface area contributed by atoms with Crippen LogP contribution < -0.4 is 10.2 Å². The van der Waals surface area contributed by atoms with Gasteiger partial charge in [-0.05, 0) is 26.0 Å². The Morgan fingerprint density at radius 1 is 1.44 bits per heavy atom. The number of ether oxygens (including phenoxy) is 1. The molecule has 0 fully saturated rings. The van der Waals surface area contributed by atoms with E-state index in [2.05, 4.69) is 5.48 Å². The average molecular weight is 225 g/mol. The van der Waals surface area contributed by atoms with E-state index in [4.69, 9.17) is 9.57 Å². The minimum absolute atomic E-state index is 0.341. The van der Waals surface area contributed by atoms with E-state index in [0.717, 1.165) is 11.1 Å². The van der Waals surface area contributed by atoms with Crippen molar-refractivity contribution in [1.29, 1.82) is 0 Å². The fraction of sp³-hybridized carbons (Fsp3) is 0.500. The summed E-state index contributed by atoms with van der Waals surface area (Å²) in [6.45, 7) is 4.77. The van der Waals surface area contributed by atoms with Crippen LogP contribution in [0.2, 0.25) is 0 Å². The summed E-state index contributed by atoms with van der Waals surface area (Å²) in [6, 6.07) is 5.72. The lowest BCUT2D eigenvalue weighted by Crippen LogP contribution is -2.22. The summed E-state index contributed by atoms with van der Waals surface area (Å²) in [5.74, 6) is 0.691. The summed E-state index contributed by atoms with van der Waals surface area (Å²) in [4.78, 5) is 4.98. The fourth-order valence-electron chi connectivity index (χ4n) is 1.46. The van der Waals surface area contributed by atoms with Gasteiger partial charge in [0.15, 0.2) is 0 Å². The Balaban J connectivity index is 2.72. The van der Waals surface area contributed by atoms with Crippen molar-refractivity contribution < 1.29 is 14.7 Å². The van der Waals surface area contributed by atoms with Gasteiger partial charge in [-0.1, -0.05) is 11.6 Å². The van der Waals surface area contributed by atoms with E-state index in [9.17, 15) is 5.11 Å². The zero-order valence-electron chi connectivity index (χ0n) is 9.99. The maximum absolute atomic E-state index is 9.96. The van der Waals surface area contributed by atoms with E-state index in [1.54, 1.807) is 7.11 Å². The summed E-state index contributed by atoms with van der Waals surface area (Å²) in [5.41, 5.74) is 4.56. The molecule has 0 saturated carbocycles. The number of aryl methyl sites for hydroxylation is 1. The van der Waals surface area contributed by atoms with E-state index >= 15 is 0 Å². The molecule has 0 aliphatic heterocycles. The monoisotopic (exact) mass is 225 g/mol. The number of benzene rings is 1. The van der Waals surface area contributed by atoms with E-state index in [-0.39, 0.29) is 0 Å². The topological polar surface area (TPSA) is 50.7 Å². The summed E-state index contributed by atoms with van der Waals surface area (Å²) in [7, 11) is 1.59. The normalized spacial score (nSPS) is 12.5. The van der Waals surface area contributed by atoms with Gasteiger partial charge in [0, 0.05) is 5.56 Å². The molecule has 2 N–H and O–H groups in total. The van der Waals surface area contributed by atoms with Crippen LogP contribution in [0.1, 0.15) is 24.2 Å². The molecule has 0 bridgehead atoms. The Bertz CT molecular complexity index is 328. The molecule has 1 unspecified atom stereocenters. The van der Waals surface area contributed by atoms with Crippen molar-refractivity contribution in [2.45, 2.75) is 20.0 Å². The van der Waals surface area contributed by atoms with Gasteiger partial charge in [0.25, 0.3) is 0 Å². The number of nitrogens with one attached hydrogen (secondary N) is 1. The molecule has 4 nitrogen and oxygen atoms in total. The van der Waals surface area contributed by atoms with Gasteiger partial charge in [-0.3, -0.25) is 0 Å². The number of hydroxylamine groups is 1. The van der Waals surface area contributed by atoms with Gasteiger partial charge in [0.2, 0.25) is 0 Å². The van der Waals surface area contributed by atoms with Crippen molar-refractivity contribution >= 4 is 0 Å². The van der Waals surface area contributed by atoms with Crippen molar-refractivity contribution in [3.8, 4) is 5.75 Å². The van der Waals surface area contributed by atoms with E-state index in [0.29, 0.717) is 18.9 Å². The third-order valence-corrected chi connectivity index (χ3v) is 2.27. The highest BCUT2D eigenvalue weighted by Crippen LogP contribution is 2.25. The molecule has 0 saturated heterocycles. The lowest BCUT2D eigenvalue weighted by Gasteiger charge is -2.15. The molecule has 0 amide bonds. The summed E-state index contributed by atoms with van der Waals surface area (Å²) in [6.07, 6.45) is -0.638. The van der Waals surface area contributed by atoms with Crippen LogP contribution in [0.25, 0.3) is 0 Å². The third-order valence-electron chi connectivity index (χ3n) is 2.27. The molecular formula is C12H19NO3. The van der Waals surface area contributed by atoms with Crippen molar-refractivity contribution in [1.82, 2.24) is 5.48 Å². The van der Waals surface area contributed by atoms with Gasteiger partial charge in [-0.25, -0.2) is 0 Å². The molecule has 16 heavy (non-hydrogen) atoms. The lowest BCUT2D eigenvalue weighted by molar-refractivity contribution is 0.0204. The van der Waals surface area contributed by atoms with Crippen molar-refractivity contribution in [3.63, 3.8) is 0 Å². The van der Waals surface area contributed by atoms with Gasteiger partial charge in [-0.15, -0.1) is 0 Å². The second-order valence-electron chi connectivity index (χ2n) is 3.54. The Labute approximate surface area is 96.1 Å². The first kappa shape index (κ1) is 13.0. The van der Waals surface area contributed by atoms with Crippen LogP contribution in [-0.4, -0.2) is 25.4 Å². The Kier molecular flexibility index (Phi) is 5.25. The highest BCUT2D eigenvalue weighted by atomic mass is 16.6. The first-order valence-corrected chi connectivity index (χ1v) is 5.36. The highest BCUT2D eigenvalue weighted by Gasteiger charge is 2.13. The fourth-order valence-corrected chi connectivity index (χ4v) is 1.46. The Hall–Kier alpha value is -1.10. The van der Waals surface area contributed by atoms with Crippen LogP contribution >= 0.6 is 0 Å². The molecule has 1 atom stereocenters. The molecule has 0 aliphatic carbocycles. The maximum atomic E-state index is 9.96. The van der Waals surface area contributed by atoms with E-state index in [1.807, 2.05) is 32.0 Å². The molecule has 1 aromatic carbocycles. The largest absolute Gasteiger partial charge is 0.496 e. The Morgan fingerprint density at radius 2 is 2.19 bits per heavy atom. The van der Waals surface area contributed by atoms with E-state index in [1.165, 1.54) is 0 Å². The molecule has 4 heteroatoms. The molecule has 1 rings (SSSR count). The molecule has 0 spiro atoms. The number of hydrogen-bond donors (Lipinski definition) is 2. The molecule has 0 aliphatic rings. The van der Waals surface area contributed by atoms with Crippen LogP contribution in [-0.2, 0) is 4.84 Å². The predicted octanol–water partition coefficient (Wildman–Crippen LogP) is 1.58. The number of methoxy groups -OCH3 is 1. The highest BCUT2D eigenvalue weighted by molar-refractivity contribution is 5.38. The first-order chi connectivity index (χ1) is 7.69. The summed E-state index contributed by atoms with van der Waals surface area (Å²) < 4.78 is 5.20. The standard InChI is InChI=1S/C12H19NO3/c1-4-16-13-8-11(14)10-7-9(2)5-6-12(10)15-3/h5-7,11,13-14H,4,8H2,1-3H3.